The summed E-state index contributed by atoms with van der Waals surface area (Å²) in [5, 5.41) is 7.36. The lowest BCUT2D eigenvalue weighted by Gasteiger charge is -2.15. The molecular weight excluding hydrogens is 326 g/mol. The van der Waals surface area contributed by atoms with E-state index in [0.29, 0.717) is 34.2 Å². The van der Waals surface area contributed by atoms with Gasteiger partial charge in [-0.2, -0.15) is 0 Å². The van der Waals surface area contributed by atoms with Crippen molar-refractivity contribution in [1.82, 2.24) is 10.1 Å². The Morgan fingerprint density at radius 2 is 1.88 bits per heavy atom. The number of anilines is 1. The molecule has 0 aliphatic carbocycles. The Morgan fingerprint density at radius 1 is 1.12 bits per heavy atom. The second-order valence-corrected chi connectivity index (χ2v) is 5.18. The summed E-state index contributed by atoms with van der Waals surface area (Å²) in [4.78, 5) is 16.8. The number of carbonyl (C=O) groups is 1. The van der Waals surface area contributed by atoms with Crippen molar-refractivity contribution in [2.24, 2.45) is 0 Å². The second kappa shape index (κ2) is 6.68. The number of aromatic nitrogens is 2. The average molecular weight is 343 g/mol. The molecule has 0 aliphatic heterocycles. The van der Waals surface area contributed by atoms with E-state index in [1.54, 1.807) is 25.1 Å². The number of hydrogen-bond donors (Lipinski definition) is 1. The second-order valence-electron chi connectivity index (χ2n) is 5.18. The van der Waals surface area contributed by atoms with Crippen LogP contribution >= 0.6 is 0 Å². The molecule has 3 rings (SSSR count). The fourth-order valence-electron chi connectivity index (χ4n) is 2.49. The lowest BCUT2D eigenvalue weighted by molar-refractivity contribution is 0.102. The molecule has 25 heavy (non-hydrogen) atoms. The highest BCUT2D eigenvalue weighted by molar-refractivity contribution is 6.07. The van der Waals surface area contributed by atoms with Crippen LogP contribution in [0.3, 0.4) is 0 Å². The van der Waals surface area contributed by atoms with Crippen LogP contribution in [0, 0.1) is 6.92 Å². The average Bonchev–Trinajstić information content (AvgIpc) is 3.00. The molecule has 8 heteroatoms. The fourth-order valence-corrected chi connectivity index (χ4v) is 2.49. The third-order valence-electron chi connectivity index (χ3n) is 3.72. The lowest BCUT2D eigenvalue weighted by atomic mass is 10.1. The standard InChI is InChI=1S/C17H17N3O5/c1-9-12-7-10(8-18-17(12)25-20-9)19-16(21)11-5-6-13(22-2)15(24-4)14(11)23-3/h5-8H,1-4H3,(H,19,21). The van der Waals surface area contributed by atoms with Gasteiger partial charge in [0, 0.05) is 0 Å². The number of methoxy groups -OCH3 is 3. The van der Waals surface area contributed by atoms with Crippen molar-refractivity contribution < 1.29 is 23.5 Å². The first kappa shape index (κ1) is 16.6. The zero-order valence-electron chi connectivity index (χ0n) is 14.2. The number of ether oxygens (including phenoxy) is 3. The van der Waals surface area contributed by atoms with Gasteiger partial charge in [-0.1, -0.05) is 5.16 Å². The summed E-state index contributed by atoms with van der Waals surface area (Å²) in [7, 11) is 4.45. The maximum absolute atomic E-state index is 12.7. The number of aryl methyl sites for hydroxylation is 1. The molecule has 3 aromatic rings. The van der Waals surface area contributed by atoms with Crippen molar-refractivity contribution in [3.63, 3.8) is 0 Å². The number of amides is 1. The number of nitrogens with one attached hydrogen (secondary N) is 1. The SMILES string of the molecule is COc1ccc(C(=O)Nc2cnc3onc(C)c3c2)c(OC)c1OC. The van der Waals surface area contributed by atoms with Crippen LogP contribution in [0.25, 0.3) is 11.1 Å². The van der Waals surface area contributed by atoms with Crippen LogP contribution in [0.5, 0.6) is 17.2 Å². The monoisotopic (exact) mass is 343 g/mol. The molecule has 8 nitrogen and oxygen atoms in total. The quantitative estimate of drug-likeness (QED) is 0.761. The minimum absolute atomic E-state index is 0.287. The van der Waals surface area contributed by atoms with Crippen molar-refractivity contribution in [3.05, 3.63) is 35.7 Å². The molecule has 0 aliphatic rings. The maximum Gasteiger partial charge on any atom is 0.259 e. The summed E-state index contributed by atoms with van der Waals surface area (Å²) in [6, 6.07) is 4.99. The predicted molar refractivity (Wildman–Crippen MR) is 90.6 cm³/mol. The molecule has 2 aromatic heterocycles. The van der Waals surface area contributed by atoms with Crippen molar-refractivity contribution in [3.8, 4) is 17.2 Å². The van der Waals surface area contributed by atoms with Gasteiger partial charge in [-0.3, -0.25) is 4.79 Å². The van der Waals surface area contributed by atoms with E-state index in [2.05, 4.69) is 15.5 Å². The smallest absolute Gasteiger partial charge is 0.259 e. The van der Waals surface area contributed by atoms with E-state index in [4.69, 9.17) is 18.7 Å². The minimum atomic E-state index is -0.368. The van der Waals surface area contributed by atoms with Gasteiger partial charge in [0.2, 0.25) is 5.75 Å². The number of nitrogens with zero attached hydrogens (tertiary/aromatic N) is 2. The predicted octanol–water partition coefficient (Wildman–Crippen LogP) is 2.81. The molecule has 0 saturated heterocycles. The Balaban J connectivity index is 1.95. The van der Waals surface area contributed by atoms with Gasteiger partial charge in [0.25, 0.3) is 11.6 Å². The van der Waals surface area contributed by atoms with Crippen LogP contribution in [0.15, 0.2) is 28.9 Å². The van der Waals surface area contributed by atoms with Crippen LogP contribution in [0.1, 0.15) is 16.1 Å². The molecular formula is C17H17N3O5. The Kier molecular flexibility index (Phi) is 4.42. The molecule has 2 heterocycles. The zero-order chi connectivity index (χ0) is 18.0. The zero-order valence-corrected chi connectivity index (χ0v) is 14.2. The lowest BCUT2D eigenvalue weighted by Crippen LogP contribution is -2.14. The van der Waals surface area contributed by atoms with E-state index < -0.39 is 0 Å². The molecule has 0 spiro atoms. The van der Waals surface area contributed by atoms with E-state index in [1.165, 1.54) is 27.5 Å². The maximum atomic E-state index is 12.7. The van der Waals surface area contributed by atoms with Gasteiger partial charge in [0.1, 0.15) is 0 Å². The van der Waals surface area contributed by atoms with Crippen molar-refractivity contribution in [2.45, 2.75) is 6.92 Å². The number of carbonyl (C=O) groups excluding carboxylic acids is 1. The molecule has 0 fully saturated rings. The molecule has 0 atom stereocenters. The third-order valence-corrected chi connectivity index (χ3v) is 3.72. The summed E-state index contributed by atoms with van der Waals surface area (Å²) in [5.74, 6) is 0.739. The number of rotatable bonds is 5. The minimum Gasteiger partial charge on any atom is -0.493 e. The Hall–Kier alpha value is -3.29. The topological polar surface area (TPSA) is 95.7 Å². The summed E-state index contributed by atoms with van der Waals surface area (Å²) >= 11 is 0. The van der Waals surface area contributed by atoms with E-state index in [-0.39, 0.29) is 11.7 Å². The molecule has 0 bridgehead atoms. The normalized spacial score (nSPS) is 10.6. The van der Waals surface area contributed by atoms with Gasteiger partial charge in [-0.05, 0) is 25.1 Å². The van der Waals surface area contributed by atoms with Gasteiger partial charge in [0.05, 0.1) is 49.9 Å². The summed E-state index contributed by atoms with van der Waals surface area (Å²) < 4.78 is 20.9. The van der Waals surface area contributed by atoms with Crippen LogP contribution < -0.4 is 19.5 Å². The van der Waals surface area contributed by atoms with Crippen molar-refractivity contribution >= 4 is 22.7 Å². The summed E-state index contributed by atoms with van der Waals surface area (Å²) in [6.07, 6.45) is 1.50. The van der Waals surface area contributed by atoms with Crippen LogP contribution in [0.4, 0.5) is 5.69 Å². The number of hydrogen-bond acceptors (Lipinski definition) is 7. The first-order valence-corrected chi connectivity index (χ1v) is 7.41. The number of pyridine rings is 1. The van der Waals surface area contributed by atoms with Crippen molar-refractivity contribution in [2.75, 3.05) is 26.6 Å². The first-order chi connectivity index (χ1) is 12.1. The van der Waals surface area contributed by atoms with Crippen molar-refractivity contribution in [1.29, 1.82) is 0 Å². The van der Waals surface area contributed by atoms with Gasteiger partial charge in [0.15, 0.2) is 11.5 Å². The molecule has 1 N–H and O–H groups in total. The number of fused-ring (bicyclic) bond motifs is 1. The number of benzene rings is 1. The molecule has 0 saturated carbocycles. The largest absolute Gasteiger partial charge is 0.493 e. The van der Waals surface area contributed by atoms with Crippen LogP contribution in [-0.2, 0) is 0 Å². The molecule has 0 unspecified atom stereocenters. The third kappa shape index (κ3) is 2.93. The van der Waals surface area contributed by atoms with Crippen LogP contribution in [0.2, 0.25) is 0 Å². The van der Waals surface area contributed by atoms with E-state index in [0.717, 1.165) is 5.39 Å². The Labute approximate surface area is 143 Å². The van der Waals surface area contributed by atoms with Gasteiger partial charge in [-0.25, -0.2) is 4.98 Å². The van der Waals surface area contributed by atoms with Gasteiger partial charge < -0.3 is 24.1 Å². The first-order valence-electron chi connectivity index (χ1n) is 7.41. The molecule has 1 aromatic carbocycles. The fraction of sp³-hybridized carbons (Fsp3) is 0.235. The van der Waals surface area contributed by atoms with E-state index in [9.17, 15) is 4.79 Å². The van der Waals surface area contributed by atoms with E-state index >= 15 is 0 Å². The Bertz CT molecular complexity index is 935. The molecule has 0 radical (unpaired) electrons. The highest BCUT2D eigenvalue weighted by Gasteiger charge is 2.21. The summed E-state index contributed by atoms with van der Waals surface area (Å²) in [5.41, 5.74) is 1.93. The highest BCUT2D eigenvalue weighted by atomic mass is 16.5. The highest BCUT2D eigenvalue weighted by Crippen LogP contribution is 2.40. The molecule has 130 valence electrons. The summed E-state index contributed by atoms with van der Waals surface area (Å²) in [6.45, 7) is 1.80. The Morgan fingerprint density at radius 3 is 2.56 bits per heavy atom. The van der Waals surface area contributed by atoms with Gasteiger partial charge >= 0.3 is 0 Å². The van der Waals surface area contributed by atoms with Gasteiger partial charge in [-0.15, -0.1) is 0 Å². The molecule has 1 amide bonds. The van der Waals surface area contributed by atoms with Crippen LogP contribution in [-0.4, -0.2) is 37.4 Å². The van der Waals surface area contributed by atoms with E-state index in [1.807, 2.05) is 0 Å².